The van der Waals surface area contributed by atoms with Crippen LogP contribution in [-0.2, 0) is 0 Å². The molecular formula is C16H21N3O3. The molecule has 2 fully saturated rings. The molecule has 118 valence electrons. The number of rotatable bonds is 5. The van der Waals surface area contributed by atoms with Gasteiger partial charge in [0.2, 0.25) is 0 Å². The zero-order valence-electron chi connectivity index (χ0n) is 12.9. The van der Waals surface area contributed by atoms with Crippen molar-refractivity contribution >= 4 is 17.2 Å². The van der Waals surface area contributed by atoms with E-state index in [2.05, 4.69) is 17.1 Å². The molecule has 1 aromatic carbocycles. The predicted octanol–water partition coefficient (Wildman–Crippen LogP) is 2.83. The van der Waals surface area contributed by atoms with Crippen LogP contribution in [-0.4, -0.2) is 40.3 Å². The Hall–Kier alpha value is -1.95. The smallest absolute Gasteiger partial charge is 0.293 e. The van der Waals surface area contributed by atoms with Gasteiger partial charge in [-0.3, -0.25) is 19.8 Å². The summed E-state index contributed by atoms with van der Waals surface area (Å²) >= 11 is 0. The summed E-state index contributed by atoms with van der Waals surface area (Å²) < 4.78 is 0. The fraction of sp³-hybridized carbons (Fsp3) is 0.562. The summed E-state index contributed by atoms with van der Waals surface area (Å²) in [6.07, 6.45) is 3.52. The minimum atomic E-state index is -0.425. The third kappa shape index (κ3) is 2.97. The van der Waals surface area contributed by atoms with Crippen molar-refractivity contribution in [2.45, 2.75) is 51.2 Å². The molecule has 1 saturated carbocycles. The first-order chi connectivity index (χ1) is 10.5. The summed E-state index contributed by atoms with van der Waals surface area (Å²) in [5.41, 5.74) is 0.853. The van der Waals surface area contributed by atoms with Crippen molar-refractivity contribution in [1.29, 1.82) is 0 Å². The van der Waals surface area contributed by atoms with Gasteiger partial charge in [0, 0.05) is 36.3 Å². The van der Waals surface area contributed by atoms with Crippen LogP contribution in [0.5, 0.6) is 0 Å². The standard InChI is InChI=1S/C16H21N3O3/c1-10-7-13(9-18(10)14-4-5-14)17-15-6-3-12(11(2)20)8-16(15)19(21)22/h3,6,8,10,13-14,17H,4-5,7,9H2,1-2H3. The van der Waals surface area contributed by atoms with E-state index in [0.29, 0.717) is 23.3 Å². The first kappa shape index (κ1) is 15.0. The van der Waals surface area contributed by atoms with Crippen LogP contribution in [0.3, 0.4) is 0 Å². The second-order valence-corrected chi connectivity index (χ2v) is 6.40. The van der Waals surface area contributed by atoms with E-state index in [9.17, 15) is 14.9 Å². The van der Waals surface area contributed by atoms with Gasteiger partial charge in [-0.25, -0.2) is 0 Å². The molecule has 0 amide bonds. The molecule has 0 spiro atoms. The molecular weight excluding hydrogens is 282 g/mol. The van der Waals surface area contributed by atoms with Gasteiger partial charge < -0.3 is 5.32 Å². The maximum Gasteiger partial charge on any atom is 0.293 e. The van der Waals surface area contributed by atoms with Gasteiger partial charge in [0.25, 0.3) is 5.69 Å². The summed E-state index contributed by atoms with van der Waals surface area (Å²) in [6, 6.07) is 6.10. The summed E-state index contributed by atoms with van der Waals surface area (Å²) in [5, 5.41) is 14.6. The van der Waals surface area contributed by atoms with E-state index in [-0.39, 0.29) is 17.5 Å². The van der Waals surface area contributed by atoms with Gasteiger partial charge >= 0.3 is 0 Å². The Morgan fingerprint density at radius 3 is 2.73 bits per heavy atom. The number of nitro groups is 1. The Bertz CT molecular complexity index is 613. The molecule has 1 aliphatic heterocycles. The Balaban J connectivity index is 1.77. The molecule has 1 aliphatic carbocycles. The Morgan fingerprint density at radius 2 is 2.14 bits per heavy atom. The molecule has 1 N–H and O–H groups in total. The number of likely N-dealkylation sites (tertiary alicyclic amines) is 1. The average molecular weight is 303 g/mol. The normalized spacial score (nSPS) is 25.2. The Morgan fingerprint density at radius 1 is 1.41 bits per heavy atom. The number of nitrogens with one attached hydrogen (secondary N) is 1. The minimum absolute atomic E-state index is 0.0229. The Kier molecular flexibility index (Phi) is 3.87. The highest BCUT2D eigenvalue weighted by Gasteiger charge is 2.39. The molecule has 0 aromatic heterocycles. The zero-order chi connectivity index (χ0) is 15.9. The monoisotopic (exact) mass is 303 g/mol. The van der Waals surface area contributed by atoms with Crippen molar-refractivity contribution in [3.8, 4) is 0 Å². The summed E-state index contributed by atoms with van der Waals surface area (Å²) in [7, 11) is 0. The SMILES string of the molecule is CC(=O)c1ccc(NC2CC(C)N(C3CC3)C2)c([N+](=O)[O-])c1. The fourth-order valence-corrected chi connectivity index (χ4v) is 3.32. The van der Waals surface area contributed by atoms with Crippen LogP contribution >= 0.6 is 0 Å². The lowest BCUT2D eigenvalue weighted by Gasteiger charge is -2.20. The van der Waals surface area contributed by atoms with E-state index >= 15 is 0 Å². The van der Waals surface area contributed by atoms with Crippen LogP contribution in [0.2, 0.25) is 0 Å². The zero-order valence-corrected chi connectivity index (χ0v) is 12.9. The average Bonchev–Trinajstić information content (AvgIpc) is 3.23. The van der Waals surface area contributed by atoms with Gasteiger partial charge in [-0.15, -0.1) is 0 Å². The first-order valence-corrected chi connectivity index (χ1v) is 7.77. The van der Waals surface area contributed by atoms with Crippen molar-refractivity contribution in [3.63, 3.8) is 0 Å². The highest BCUT2D eigenvalue weighted by molar-refractivity contribution is 5.95. The molecule has 1 aromatic rings. The van der Waals surface area contributed by atoms with Crippen LogP contribution in [0.1, 0.15) is 43.5 Å². The predicted molar refractivity (Wildman–Crippen MR) is 84.3 cm³/mol. The van der Waals surface area contributed by atoms with Gasteiger partial charge in [-0.2, -0.15) is 0 Å². The summed E-state index contributed by atoms with van der Waals surface area (Å²) in [4.78, 5) is 24.7. The number of benzene rings is 1. The van der Waals surface area contributed by atoms with Crippen molar-refractivity contribution in [2.75, 3.05) is 11.9 Å². The molecule has 1 heterocycles. The van der Waals surface area contributed by atoms with Crippen LogP contribution in [0.15, 0.2) is 18.2 Å². The van der Waals surface area contributed by atoms with E-state index < -0.39 is 4.92 Å². The van der Waals surface area contributed by atoms with Crippen molar-refractivity contribution in [3.05, 3.63) is 33.9 Å². The molecule has 2 unspecified atom stereocenters. The van der Waals surface area contributed by atoms with Crippen LogP contribution in [0.25, 0.3) is 0 Å². The van der Waals surface area contributed by atoms with Gasteiger partial charge in [0.15, 0.2) is 5.78 Å². The van der Waals surface area contributed by atoms with Gasteiger partial charge in [-0.1, -0.05) is 0 Å². The third-order valence-corrected chi connectivity index (χ3v) is 4.60. The van der Waals surface area contributed by atoms with E-state index in [0.717, 1.165) is 13.0 Å². The molecule has 22 heavy (non-hydrogen) atoms. The lowest BCUT2D eigenvalue weighted by atomic mass is 10.1. The molecule has 6 nitrogen and oxygen atoms in total. The highest BCUT2D eigenvalue weighted by Crippen LogP contribution is 2.35. The van der Waals surface area contributed by atoms with Gasteiger partial charge in [0.05, 0.1) is 4.92 Å². The second kappa shape index (κ2) is 5.68. The van der Waals surface area contributed by atoms with E-state index in [1.165, 1.54) is 25.8 Å². The molecule has 1 saturated heterocycles. The quantitative estimate of drug-likeness (QED) is 0.514. The number of nitrogens with zero attached hydrogens (tertiary/aromatic N) is 2. The highest BCUT2D eigenvalue weighted by atomic mass is 16.6. The lowest BCUT2D eigenvalue weighted by molar-refractivity contribution is -0.384. The van der Waals surface area contributed by atoms with Crippen molar-refractivity contribution in [1.82, 2.24) is 4.90 Å². The van der Waals surface area contributed by atoms with Gasteiger partial charge in [-0.05, 0) is 45.2 Å². The molecule has 0 radical (unpaired) electrons. The first-order valence-electron chi connectivity index (χ1n) is 7.77. The molecule has 3 rings (SSSR count). The van der Waals surface area contributed by atoms with Crippen molar-refractivity contribution < 1.29 is 9.72 Å². The maximum absolute atomic E-state index is 11.4. The van der Waals surface area contributed by atoms with E-state index in [4.69, 9.17) is 0 Å². The number of hydrogen-bond acceptors (Lipinski definition) is 5. The topological polar surface area (TPSA) is 75.5 Å². The number of carbonyl (C=O) groups excluding carboxylic acids is 1. The molecule has 6 heteroatoms. The van der Waals surface area contributed by atoms with Crippen LogP contribution < -0.4 is 5.32 Å². The number of anilines is 1. The maximum atomic E-state index is 11.4. The summed E-state index contributed by atoms with van der Waals surface area (Å²) in [6.45, 7) is 4.56. The number of carbonyl (C=O) groups is 1. The number of ketones is 1. The minimum Gasteiger partial charge on any atom is -0.375 e. The third-order valence-electron chi connectivity index (χ3n) is 4.60. The number of Topliss-reactive ketones (excluding diaryl/α,β-unsaturated/α-hetero) is 1. The number of nitro benzene ring substituents is 1. The fourth-order valence-electron chi connectivity index (χ4n) is 3.32. The Labute approximate surface area is 129 Å². The van der Waals surface area contributed by atoms with Crippen molar-refractivity contribution in [2.24, 2.45) is 0 Å². The van der Waals surface area contributed by atoms with E-state index in [1.54, 1.807) is 12.1 Å². The summed E-state index contributed by atoms with van der Waals surface area (Å²) in [5.74, 6) is -0.163. The van der Waals surface area contributed by atoms with Crippen LogP contribution in [0, 0.1) is 10.1 Å². The van der Waals surface area contributed by atoms with Gasteiger partial charge in [0.1, 0.15) is 5.69 Å². The molecule has 2 atom stereocenters. The van der Waals surface area contributed by atoms with E-state index in [1.807, 2.05) is 0 Å². The number of hydrogen-bond donors (Lipinski definition) is 1. The molecule has 0 bridgehead atoms. The van der Waals surface area contributed by atoms with Crippen LogP contribution in [0.4, 0.5) is 11.4 Å². The molecule has 2 aliphatic rings. The lowest BCUT2D eigenvalue weighted by Crippen LogP contribution is -2.31. The second-order valence-electron chi connectivity index (χ2n) is 6.40. The largest absolute Gasteiger partial charge is 0.375 e.